The zero-order valence-electron chi connectivity index (χ0n) is 23.0. The molecule has 200 valence electrons. The van der Waals surface area contributed by atoms with Crippen molar-refractivity contribution < 1.29 is 18.7 Å². The van der Waals surface area contributed by atoms with E-state index < -0.39 is 11.6 Å². The van der Waals surface area contributed by atoms with Crippen LogP contribution in [0.15, 0.2) is 68.2 Å². The van der Waals surface area contributed by atoms with Crippen molar-refractivity contribution in [1.82, 2.24) is 4.58 Å². The number of carbonyl (C=O) groups is 1. The fourth-order valence-electron chi connectivity index (χ4n) is 5.38. The number of anilines is 1. The van der Waals surface area contributed by atoms with Gasteiger partial charge >= 0.3 is 11.6 Å². The van der Waals surface area contributed by atoms with E-state index in [1.165, 1.54) is 0 Å². The molecule has 2 aromatic heterocycles. The third-order valence-electron chi connectivity index (χ3n) is 7.58. The third-order valence-corrected chi connectivity index (χ3v) is 7.58. The van der Waals surface area contributed by atoms with Crippen molar-refractivity contribution in [2.24, 2.45) is 0 Å². The van der Waals surface area contributed by atoms with E-state index in [2.05, 4.69) is 37.2 Å². The molecule has 0 unspecified atom stereocenters. The summed E-state index contributed by atoms with van der Waals surface area (Å²) in [5.41, 5.74) is 3.95. The van der Waals surface area contributed by atoms with Crippen molar-refractivity contribution in [2.45, 2.75) is 34.1 Å². The van der Waals surface area contributed by atoms with E-state index in [1.807, 2.05) is 37.4 Å². The quantitative estimate of drug-likeness (QED) is 0.123. The zero-order chi connectivity index (χ0) is 27.8. The molecule has 5 rings (SSSR count). The van der Waals surface area contributed by atoms with Crippen LogP contribution in [-0.2, 0) is 6.42 Å². The Hall–Kier alpha value is -4.39. The number of fused-ring (bicyclic) bond motifs is 4. The molecule has 0 saturated carbocycles. The Labute approximate surface area is 226 Å². The maximum absolute atomic E-state index is 13.7. The Morgan fingerprint density at radius 2 is 1.64 bits per heavy atom. The first-order valence-electron chi connectivity index (χ1n) is 13.4. The monoisotopic (exact) mass is 525 g/mol. The van der Waals surface area contributed by atoms with E-state index in [0.29, 0.717) is 38.6 Å². The predicted octanol–water partition coefficient (Wildman–Crippen LogP) is 5.89. The van der Waals surface area contributed by atoms with Gasteiger partial charge in [0.15, 0.2) is 5.58 Å². The molecule has 3 aromatic carbocycles. The van der Waals surface area contributed by atoms with Crippen LogP contribution < -0.4 is 20.5 Å². The van der Waals surface area contributed by atoms with Gasteiger partial charge in [0.2, 0.25) is 5.36 Å². The number of rotatable bonds is 7. The highest BCUT2D eigenvalue weighted by Crippen LogP contribution is 2.40. The summed E-state index contributed by atoms with van der Waals surface area (Å²) in [6.07, 6.45) is 0.782. The topological polar surface area (TPSA) is 86.9 Å². The molecule has 0 amide bonds. The standard InChI is InChI=1S/C32H32N2O5/c1-6-19-16-24-27(18-25(19)33(5)7-2)39-32(37)29-28(21-12-10-11-13-22(21)31(35)36)23-15-14-20(34(8-3)9-4)17-26(23)38-30(24)29/h10-18H,6-9H2,1-5H3/p+1. The lowest BCUT2D eigenvalue weighted by molar-refractivity contribution is 0.0697. The van der Waals surface area contributed by atoms with E-state index in [9.17, 15) is 14.7 Å². The summed E-state index contributed by atoms with van der Waals surface area (Å²) in [6.45, 7) is 10.8. The molecule has 5 aromatic rings. The van der Waals surface area contributed by atoms with Crippen LogP contribution in [0.2, 0.25) is 0 Å². The van der Waals surface area contributed by atoms with Crippen LogP contribution in [0.1, 0.15) is 43.6 Å². The summed E-state index contributed by atoms with van der Waals surface area (Å²) in [6, 6.07) is 16.5. The van der Waals surface area contributed by atoms with Crippen LogP contribution in [0, 0.1) is 0 Å². The number of hydrogen-bond donors (Lipinski definition) is 1. The molecule has 0 fully saturated rings. The smallest absolute Gasteiger partial charge is 0.348 e. The van der Waals surface area contributed by atoms with E-state index in [4.69, 9.17) is 8.83 Å². The van der Waals surface area contributed by atoms with Crippen LogP contribution in [0.3, 0.4) is 0 Å². The Morgan fingerprint density at radius 1 is 0.923 bits per heavy atom. The molecule has 2 heterocycles. The van der Waals surface area contributed by atoms with E-state index >= 15 is 0 Å². The molecule has 0 saturated heterocycles. The van der Waals surface area contributed by atoms with E-state index in [-0.39, 0.29) is 10.9 Å². The Balaban J connectivity index is 2.03. The first-order valence-corrected chi connectivity index (χ1v) is 13.4. The maximum atomic E-state index is 13.7. The SMILES string of the molecule is CCc1cc2c(cc1=[N+](C)CC)oc(=O)c1c(-c3ccccc3C(=O)O)c3ccc(N(CC)CC)cc3oc12. The number of carboxylic acid groups (broad SMARTS) is 1. The van der Waals surface area contributed by atoms with Crippen LogP contribution in [-0.4, -0.2) is 37.8 Å². The molecule has 0 bridgehead atoms. The van der Waals surface area contributed by atoms with Crippen molar-refractivity contribution in [3.8, 4) is 11.1 Å². The minimum atomic E-state index is -1.07. The summed E-state index contributed by atoms with van der Waals surface area (Å²) in [5, 5.41) is 12.6. The molecule has 1 N–H and O–H groups in total. The molecule has 7 nitrogen and oxygen atoms in total. The van der Waals surface area contributed by atoms with Crippen LogP contribution in [0.5, 0.6) is 0 Å². The molecule has 7 heteroatoms. The second-order valence-corrected chi connectivity index (χ2v) is 9.62. The zero-order valence-corrected chi connectivity index (χ0v) is 23.0. The average molecular weight is 526 g/mol. The second kappa shape index (κ2) is 10.4. The van der Waals surface area contributed by atoms with Gasteiger partial charge < -0.3 is 18.8 Å². The van der Waals surface area contributed by atoms with Crippen LogP contribution in [0.4, 0.5) is 5.69 Å². The Kier molecular flexibility index (Phi) is 7.00. The normalized spacial score (nSPS) is 12.3. The van der Waals surface area contributed by atoms with Crippen LogP contribution >= 0.6 is 0 Å². The van der Waals surface area contributed by atoms with Gasteiger partial charge in [0.05, 0.1) is 17.0 Å². The van der Waals surface area contributed by atoms with Crippen molar-refractivity contribution in [1.29, 1.82) is 0 Å². The van der Waals surface area contributed by atoms with Crippen LogP contribution in [0.25, 0.3) is 44.0 Å². The lowest BCUT2D eigenvalue weighted by atomic mass is 9.93. The van der Waals surface area contributed by atoms with Gasteiger partial charge in [-0.2, -0.15) is 0 Å². The summed E-state index contributed by atoms with van der Waals surface area (Å²) >= 11 is 0. The average Bonchev–Trinajstić information content (AvgIpc) is 2.95. The first-order chi connectivity index (χ1) is 18.8. The van der Waals surface area contributed by atoms with Gasteiger partial charge in [-0.25, -0.2) is 14.2 Å². The number of aromatic carboxylic acids is 1. The number of carboxylic acids is 1. The predicted molar refractivity (Wildman–Crippen MR) is 157 cm³/mol. The maximum Gasteiger partial charge on any atom is 0.348 e. The van der Waals surface area contributed by atoms with Gasteiger partial charge in [0.1, 0.15) is 30.1 Å². The number of hydrogen-bond acceptors (Lipinski definition) is 5. The fraction of sp³-hybridized carbons (Fsp3) is 0.281. The molecule has 0 spiro atoms. The molecule has 0 radical (unpaired) electrons. The first kappa shape index (κ1) is 26.2. The van der Waals surface area contributed by atoms with Gasteiger partial charge in [-0.3, -0.25) is 0 Å². The van der Waals surface area contributed by atoms with Gasteiger partial charge in [0, 0.05) is 41.4 Å². The Bertz CT molecular complexity index is 1880. The van der Waals surface area contributed by atoms with Crippen molar-refractivity contribution in [3.05, 3.63) is 81.5 Å². The van der Waals surface area contributed by atoms with Crippen molar-refractivity contribution in [2.75, 3.05) is 31.6 Å². The van der Waals surface area contributed by atoms with E-state index in [0.717, 1.165) is 42.7 Å². The fourth-order valence-corrected chi connectivity index (χ4v) is 5.38. The molecule has 39 heavy (non-hydrogen) atoms. The second-order valence-electron chi connectivity index (χ2n) is 9.62. The third kappa shape index (κ3) is 4.38. The number of aryl methyl sites for hydroxylation is 1. The summed E-state index contributed by atoms with van der Waals surface area (Å²) in [5.74, 6) is -1.07. The van der Waals surface area contributed by atoms with E-state index in [1.54, 1.807) is 24.3 Å². The summed E-state index contributed by atoms with van der Waals surface area (Å²) < 4.78 is 14.6. The molecule has 0 aliphatic heterocycles. The Morgan fingerprint density at radius 3 is 2.31 bits per heavy atom. The minimum absolute atomic E-state index is 0.104. The number of benzene rings is 3. The summed E-state index contributed by atoms with van der Waals surface area (Å²) in [4.78, 5) is 28.2. The molecule has 0 atom stereocenters. The number of nitrogens with zero attached hydrogens (tertiary/aromatic N) is 2. The minimum Gasteiger partial charge on any atom is -0.478 e. The molecule has 0 aliphatic rings. The van der Waals surface area contributed by atoms with Gasteiger partial charge in [0.25, 0.3) is 0 Å². The molecular weight excluding hydrogens is 492 g/mol. The van der Waals surface area contributed by atoms with Gasteiger partial charge in [-0.15, -0.1) is 0 Å². The highest BCUT2D eigenvalue weighted by atomic mass is 16.4. The molecular formula is C32H33N2O5+. The van der Waals surface area contributed by atoms with Crippen molar-refractivity contribution in [3.63, 3.8) is 0 Å². The highest BCUT2D eigenvalue weighted by molar-refractivity contribution is 6.16. The van der Waals surface area contributed by atoms with Gasteiger partial charge in [-0.05, 0) is 57.0 Å². The lowest BCUT2D eigenvalue weighted by Gasteiger charge is -2.22. The summed E-state index contributed by atoms with van der Waals surface area (Å²) in [7, 11) is 2.01. The van der Waals surface area contributed by atoms with Crippen molar-refractivity contribution >= 4 is 44.6 Å². The van der Waals surface area contributed by atoms with Gasteiger partial charge in [-0.1, -0.05) is 25.1 Å². The lowest BCUT2D eigenvalue weighted by Crippen LogP contribution is -2.28. The molecule has 0 aliphatic carbocycles. The highest BCUT2D eigenvalue weighted by Gasteiger charge is 2.24. The largest absolute Gasteiger partial charge is 0.478 e.